The van der Waals surface area contributed by atoms with Crippen LogP contribution in [0.25, 0.3) is 0 Å². The van der Waals surface area contributed by atoms with Crippen LogP contribution in [0.1, 0.15) is 20.3 Å². The highest BCUT2D eigenvalue weighted by molar-refractivity contribution is 5.31. The Hall–Kier alpha value is -0.990. The predicted molar refractivity (Wildman–Crippen MR) is 46.5 cm³/mol. The molecule has 0 spiro atoms. The third-order valence-electron chi connectivity index (χ3n) is 1.84. The minimum Gasteiger partial charge on any atom is -0.370 e. The fourth-order valence-corrected chi connectivity index (χ4v) is 0.783. The first-order chi connectivity index (χ1) is 5.33. The van der Waals surface area contributed by atoms with Crippen LogP contribution >= 0.6 is 0 Å². The van der Waals surface area contributed by atoms with E-state index in [1.165, 1.54) is 6.42 Å². The van der Waals surface area contributed by atoms with Crippen LogP contribution in [0.15, 0.2) is 12.3 Å². The van der Waals surface area contributed by atoms with E-state index in [2.05, 4.69) is 29.4 Å². The first-order valence-electron chi connectivity index (χ1n) is 4.06. The van der Waals surface area contributed by atoms with Crippen LogP contribution in [-0.2, 0) is 0 Å². The maximum absolute atomic E-state index is 3.84. The van der Waals surface area contributed by atoms with Crippen molar-refractivity contribution in [3.63, 3.8) is 0 Å². The predicted octanol–water partition coefficient (Wildman–Crippen LogP) is 1.87. The van der Waals surface area contributed by atoms with Gasteiger partial charge in [-0.1, -0.05) is 20.3 Å². The molecule has 0 saturated carbocycles. The zero-order valence-electron chi connectivity index (χ0n) is 7.09. The number of aromatic amines is 1. The number of hydrogen-bond donors (Lipinski definition) is 2. The van der Waals surface area contributed by atoms with Gasteiger partial charge >= 0.3 is 0 Å². The summed E-state index contributed by atoms with van der Waals surface area (Å²) in [5, 5.41) is 9.95. The topological polar surface area (TPSA) is 40.7 Å². The van der Waals surface area contributed by atoms with Gasteiger partial charge < -0.3 is 5.32 Å². The number of nitrogens with zero attached hydrogens (tertiary/aromatic N) is 1. The standard InChI is InChI=1S/C8H15N3/c1-3-7(2)6-9-8-4-5-10-11-8/h4-5,7H,3,6H2,1-2H3,(H2,9,10,11). The molecule has 0 aliphatic heterocycles. The molecule has 1 heterocycles. The molecule has 0 amide bonds. The number of rotatable bonds is 4. The van der Waals surface area contributed by atoms with E-state index >= 15 is 0 Å². The lowest BCUT2D eigenvalue weighted by Gasteiger charge is -2.08. The first-order valence-corrected chi connectivity index (χ1v) is 4.06. The quantitative estimate of drug-likeness (QED) is 0.693. The zero-order valence-corrected chi connectivity index (χ0v) is 7.09. The van der Waals surface area contributed by atoms with E-state index in [0.29, 0.717) is 0 Å². The van der Waals surface area contributed by atoms with Gasteiger partial charge in [0.15, 0.2) is 0 Å². The van der Waals surface area contributed by atoms with E-state index in [9.17, 15) is 0 Å². The highest BCUT2D eigenvalue weighted by atomic mass is 15.2. The van der Waals surface area contributed by atoms with Crippen molar-refractivity contribution in [3.8, 4) is 0 Å². The molecule has 0 saturated heterocycles. The molecule has 3 heteroatoms. The molecule has 1 aromatic rings. The van der Waals surface area contributed by atoms with Crippen LogP contribution in [-0.4, -0.2) is 16.7 Å². The summed E-state index contributed by atoms with van der Waals surface area (Å²) >= 11 is 0. The lowest BCUT2D eigenvalue weighted by atomic mass is 10.1. The minimum absolute atomic E-state index is 0.721. The Bertz CT molecular complexity index is 181. The van der Waals surface area contributed by atoms with Gasteiger partial charge in [-0.3, -0.25) is 5.10 Å². The largest absolute Gasteiger partial charge is 0.370 e. The van der Waals surface area contributed by atoms with Crippen molar-refractivity contribution in [2.75, 3.05) is 11.9 Å². The molecule has 1 unspecified atom stereocenters. The molecule has 11 heavy (non-hydrogen) atoms. The van der Waals surface area contributed by atoms with Crippen molar-refractivity contribution in [1.29, 1.82) is 0 Å². The third-order valence-corrected chi connectivity index (χ3v) is 1.84. The van der Waals surface area contributed by atoms with E-state index < -0.39 is 0 Å². The fourth-order valence-electron chi connectivity index (χ4n) is 0.783. The smallest absolute Gasteiger partial charge is 0.121 e. The van der Waals surface area contributed by atoms with E-state index in [-0.39, 0.29) is 0 Å². The van der Waals surface area contributed by atoms with E-state index in [1.807, 2.05) is 6.07 Å². The lowest BCUT2D eigenvalue weighted by molar-refractivity contribution is 0.592. The van der Waals surface area contributed by atoms with Crippen molar-refractivity contribution in [3.05, 3.63) is 12.3 Å². The molecule has 1 aromatic heterocycles. The Kier molecular flexibility index (Phi) is 2.95. The number of hydrogen-bond acceptors (Lipinski definition) is 2. The van der Waals surface area contributed by atoms with Crippen molar-refractivity contribution in [1.82, 2.24) is 10.2 Å². The second-order valence-electron chi connectivity index (χ2n) is 2.86. The normalized spacial score (nSPS) is 12.9. The zero-order chi connectivity index (χ0) is 8.10. The summed E-state index contributed by atoms with van der Waals surface area (Å²) in [7, 11) is 0. The number of anilines is 1. The lowest BCUT2D eigenvalue weighted by Crippen LogP contribution is -2.10. The second kappa shape index (κ2) is 4.01. The molecular weight excluding hydrogens is 138 g/mol. The molecule has 0 bridgehead atoms. The molecule has 0 radical (unpaired) electrons. The summed E-state index contributed by atoms with van der Waals surface area (Å²) in [6, 6.07) is 1.93. The summed E-state index contributed by atoms with van der Waals surface area (Å²) in [4.78, 5) is 0. The number of aromatic nitrogens is 2. The molecule has 1 atom stereocenters. The fraction of sp³-hybridized carbons (Fsp3) is 0.625. The Morgan fingerprint density at radius 1 is 1.73 bits per heavy atom. The van der Waals surface area contributed by atoms with E-state index in [0.717, 1.165) is 18.3 Å². The maximum atomic E-state index is 3.84. The van der Waals surface area contributed by atoms with Crippen molar-refractivity contribution < 1.29 is 0 Å². The monoisotopic (exact) mass is 153 g/mol. The van der Waals surface area contributed by atoms with Crippen LogP contribution in [0.5, 0.6) is 0 Å². The molecule has 2 N–H and O–H groups in total. The summed E-state index contributed by atoms with van der Waals surface area (Å²) in [6.07, 6.45) is 2.96. The van der Waals surface area contributed by atoms with Crippen LogP contribution < -0.4 is 5.32 Å². The SMILES string of the molecule is CCC(C)CNc1ccn[nH]1. The third kappa shape index (κ3) is 2.62. The molecule has 0 aliphatic carbocycles. The van der Waals surface area contributed by atoms with Crippen molar-refractivity contribution in [2.24, 2.45) is 5.92 Å². The van der Waals surface area contributed by atoms with Gasteiger partial charge in [-0.15, -0.1) is 0 Å². The highest BCUT2D eigenvalue weighted by Crippen LogP contribution is 2.03. The molecule has 3 nitrogen and oxygen atoms in total. The Morgan fingerprint density at radius 3 is 3.09 bits per heavy atom. The van der Waals surface area contributed by atoms with Gasteiger partial charge in [0.25, 0.3) is 0 Å². The van der Waals surface area contributed by atoms with Crippen molar-refractivity contribution >= 4 is 5.82 Å². The van der Waals surface area contributed by atoms with E-state index in [4.69, 9.17) is 0 Å². The van der Waals surface area contributed by atoms with Gasteiger partial charge in [-0.2, -0.15) is 5.10 Å². The molecule has 1 rings (SSSR count). The summed E-state index contributed by atoms with van der Waals surface area (Å²) in [5.74, 6) is 1.73. The van der Waals surface area contributed by atoms with Crippen molar-refractivity contribution in [2.45, 2.75) is 20.3 Å². The number of nitrogens with one attached hydrogen (secondary N) is 2. The molecular formula is C8H15N3. The van der Waals surface area contributed by atoms with Crippen LogP contribution in [0.2, 0.25) is 0 Å². The van der Waals surface area contributed by atoms with E-state index in [1.54, 1.807) is 6.20 Å². The summed E-state index contributed by atoms with van der Waals surface area (Å²) in [5.41, 5.74) is 0. The van der Waals surface area contributed by atoms with Gasteiger partial charge in [0.1, 0.15) is 5.82 Å². The Balaban J connectivity index is 2.23. The number of H-pyrrole nitrogens is 1. The maximum Gasteiger partial charge on any atom is 0.121 e. The van der Waals surface area contributed by atoms with Gasteiger partial charge in [0, 0.05) is 6.54 Å². The molecule has 62 valence electrons. The highest BCUT2D eigenvalue weighted by Gasteiger charge is 1.97. The van der Waals surface area contributed by atoms with Gasteiger partial charge in [-0.25, -0.2) is 0 Å². The van der Waals surface area contributed by atoms with Gasteiger partial charge in [-0.05, 0) is 12.0 Å². The summed E-state index contributed by atoms with van der Waals surface area (Å²) < 4.78 is 0. The van der Waals surface area contributed by atoms with Crippen LogP contribution in [0, 0.1) is 5.92 Å². The summed E-state index contributed by atoms with van der Waals surface area (Å²) in [6.45, 7) is 5.43. The van der Waals surface area contributed by atoms with Crippen LogP contribution in [0.3, 0.4) is 0 Å². The molecule has 0 fully saturated rings. The Labute approximate surface area is 67.2 Å². The molecule has 0 aliphatic rings. The average molecular weight is 153 g/mol. The Morgan fingerprint density at radius 2 is 2.55 bits per heavy atom. The van der Waals surface area contributed by atoms with Gasteiger partial charge in [0.05, 0.1) is 6.20 Å². The first kappa shape index (κ1) is 8.11. The second-order valence-corrected chi connectivity index (χ2v) is 2.86. The average Bonchev–Trinajstić information content (AvgIpc) is 2.52. The van der Waals surface area contributed by atoms with Gasteiger partial charge in [0.2, 0.25) is 0 Å². The molecule has 0 aromatic carbocycles. The van der Waals surface area contributed by atoms with Crippen LogP contribution in [0.4, 0.5) is 5.82 Å². The minimum atomic E-state index is 0.721.